The van der Waals surface area contributed by atoms with Crippen LogP contribution in [-0.4, -0.2) is 73.6 Å². The van der Waals surface area contributed by atoms with Crippen molar-refractivity contribution in [2.24, 2.45) is 16.7 Å². The lowest BCUT2D eigenvalue weighted by atomic mass is 9.40. The van der Waals surface area contributed by atoms with Crippen molar-refractivity contribution < 1.29 is 34.4 Å². The number of nitrogens with zero attached hydrogens (tertiary/aromatic N) is 1. The van der Waals surface area contributed by atoms with Crippen LogP contribution in [0.3, 0.4) is 0 Å². The van der Waals surface area contributed by atoms with Gasteiger partial charge in [0.25, 0.3) is 0 Å². The molecule has 0 spiro atoms. The molecule has 1 aromatic carbocycles. The summed E-state index contributed by atoms with van der Waals surface area (Å²) in [6.07, 6.45) is -0.116. The molecule has 0 radical (unpaired) electrons. The standard InChI is InChI=1S/C22H34O7.C14H14ClNS/c1-8-19(5)11-14(25)22(27)20(6)13(24)9-10-18(3,4)16(20)15(26)17(28-12(2)23)21(22,7)29-19;15-13-4-2-1-3-11(13)9-16-7-5-14-12(10-16)6-8-17-14/h8,13,15-17,24,26-27H,1,9-11H2,2-7H3;1-4,6,8H,5,7,9-10H2/t13-,15-,16-,17-,19-,20-,21+,22-;/m0./s1. The second-order valence-corrected chi connectivity index (χ2v) is 16.2. The Morgan fingerprint density at radius 2 is 1.89 bits per heavy atom. The molecule has 2 aliphatic carbocycles. The number of ether oxygens (including phenoxy) is 2. The maximum absolute atomic E-state index is 13.6. The summed E-state index contributed by atoms with van der Waals surface area (Å²) >= 11 is 8.08. The van der Waals surface area contributed by atoms with Crippen molar-refractivity contribution in [2.45, 2.75) is 115 Å². The highest BCUT2D eigenvalue weighted by molar-refractivity contribution is 7.10. The zero-order chi connectivity index (χ0) is 33.9. The fourth-order valence-corrected chi connectivity index (χ4v) is 10.1. The highest BCUT2D eigenvalue weighted by Gasteiger charge is 2.81. The van der Waals surface area contributed by atoms with Gasteiger partial charge in [0.1, 0.15) is 5.60 Å². The van der Waals surface area contributed by atoms with Gasteiger partial charge in [0.15, 0.2) is 17.5 Å². The van der Waals surface area contributed by atoms with Gasteiger partial charge in [-0.25, -0.2) is 0 Å². The molecular formula is C36H48ClNO7S. The molecule has 8 nitrogen and oxygen atoms in total. The van der Waals surface area contributed by atoms with Gasteiger partial charge in [-0.15, -0.1) is 17.9 Å². The molecule has 3 heterocycles. The second-order valence-electron chi connectivity index (χ2n) is 14.8. The van der Waals surface area contributed by atoms with Crippen molar-refractivity contribution in [3.05, 3.63) is 69.4 Å². The minimum atomic E-state index is -2.18. The normalized spacial score (nSPS) is 38.3. The summed E-state index contributed by atoms with van der Waals surface area (Å²) < 4.78 is 11.8. The first-order valence-corrected chi connectivity index (χ1v) is 17.3. The first kappa shape index (κ1) is 35.2. The molecule has 1 saturated heterocycles. The molecule has 0 unspecified atom stereocenters. The predicted molar refractivity (Wildman–Crippen MR) is 178 cm³/mol. The predicted octanol–water partition coefficient (Wildman–Crippen LogP) is 5.48. The van der Waals surface area contributed by atoms with Gasteiger partial charge in [-0.2, -0.15) is 0 Å². The lowest BCUT2D eigenvalue weighted by Gasteiger charge is -2.71. The molecule has 2 aliphatic heterocycles. The van der Waals surface area contributed by atoms with E-state index in [1.807, 2.05) is 37.3 Å². The number of rotatable bonds is 4. The van der Waals surface area contributed by atoms with E-state index in [2.05, 4.69) is 35.1 Å². The van der Waals surface area contributed by atoms with E-state index in [0.717, 1.165) is 24.7 Å². The fourth-order valence-electron chi connectivity index (χ4n) is 8.97. The number of Topliss-reactive ketones (excluding diaryl/α,β-unsaturated/α-hetero) is 1. The van der Waals surface area contributed by atoms with Gasteiger partial charge in [-0.05, 0) is 67.2 Å². The van der Waals surface area contributed by atoms with Gasteiger partial charge in [0, 0.05) is 54.2 Å². The van der Waals surface area contributed by atoms with Gasteiger partial charge in [0.05, 0.1) is 17.8 Å². The molecule has 3 N–H and O–H groups in total. The van der Waals surface area contributed by atoms with Crippen molar-refractivity contribution >= 4 is 34.7 Å². The van der Waals surface area contributed by atoms with Crippen LogP contribution in [0.2, 0.25) is 5.02 Å². The van der Waals surface area contributed by atoms with Crippen LogP contribution in [0.1, 0.15) is 76.8 Å². The molecule has 2 saturated carbocycles. The van der Waals surface area contributed by atoms with Gasteiger partial charge >= 0.3 is 5.97 Å². The number of halogens is 1. The zero-order valence-corrected chi connectivity index (χ0v) is 29.3. The summed E-state index contributed by atoms with van der Waals surface area (Å²) in [6.45, 7) is 16.8. The Bertz CT molecular complexity index is 1490. The number of carbonyl (C=O) groups excluding carboxylic acids is 2. The maximum atomic E-state index is 13.6. The average Bonchev–Trinajstić information content (AvgIpc) is 3.45. The number of hydrogen-bond donors (Lipinski definition) is 3. The molecule has 8 atom stereocenters. The Morgan fingerprint density at radius 3 is 2.54 bits per heavy atom. The average molecular weight is 674 g/mol. The van der Waals surface area contributed by atoms with Crippen LogP contribution in [0.5, 0.6) is 0 Å². The number of aliphatic hydroxyl groups is 3. The summed E-state index contributed by atoms with van der Waals surface area (Å²) in [4.78, 5) is 29.5. The number of thiophene rings is 1. The highest BCUT2D eigenvalue weighted by Crippen LogP contribution is 2.67. The quantitative estimate of drug-likeness (QED) is 0.289. The Hall–Kier alpha value is -2.11. The molecule has 0 bridgehead atoms. The smallest absolute Gasteiger partial charge is 0.303 e. The topological polar surface area (TPSA) is 117 Å². The Balaban J connectivity index is 0.000000207. The molecule has 3 fully saturated rings. The minimum Gasteiger partial charge on any atom is -0.457 e. The van der Waals surface area contributed by atoms with Crippen LogP contribution >= 0.6 is 22.9 Å². The van der Waals surface area contributed by atoms with E-state index in [1.54, 1.807) is 18.7 Å². The van der Waals surface area contributed by atoms with E-state index in [1.165, 1.54) is 37.5 Å². The van der Waals surface area contributed by atoms with E-state index >= 15 is 0 Å². The Morgan fingerprint density at radius 1 is 1.20 bits per heavy atom. The summed E-state index contributed by atoms with van der Waals surface area (Å²) in [7, 11) is 0. The first-order chi connectivity index (χ1) is 21.4. The molecule has 4 aliphatic rings. The molecule has 46 heavy (non-hydrogen) atoms. The van der Waals surface area contributed by atoms with Crippen LogP contribution in [0, 0.1) is 16.7 Å². The largest absolute Gasteiger partial charge is 0.457 e. The van der Waals surface area contributed by atoms with Gasteiger partial charge in [-0.1, -0.05) is 56.6 Å². The first-order valence-electron chi connectivity index (χ1n) is 16.1. The molecule has 2 aromatic rings. The lowest BCUT2D eigenvalue weighted by molar-refractivity contribution is -0.370. The number of ketones is 1. The number of carbonyl (C=O) groups is 2. The lowest BCUT2D eigenvalue weighted by Crippen LogP contribution is -2.86. The van der Waals surface area contributed by atoms with E-state index < -0.39 is 63.6 Å². The van der Waals surface area contributed by atoms with Crippen LogP contribution in [-0.2, 0) is 38.6 Å². The van der Waals surface area contributed by atoms with Crippen LogP contribution in [0.25, 0.3) is 0 Å². The summed E-state index contributed by atoms with van der Waals surface area (Å²) in [5.74, 6) is -1.87. The van der Waals surface area contributed by atoms with Gasteiger partial charge in [0.2, 0.25) is 0 Å². The van der Waals surface area contributed by atoms with Gasteiger partial charge < -0.3 is 24.8 Å². The number of aliphatic hydroxyl groups excluding tert-OH is 2. The number of fused-ring (bicyclic) bond motifs is 4. The zero-order valence-electron chi connectivity index (χ0n) is 27.7. The van der Waals surface area contributed by atoms with Gasteiger partial charge in [-0.3, -0.25) is 14.5 Å². The minimum absolute atomic E-state index is 0.138. The van der Waals surface area contributed by atoms with E-state index in [4.69, 9.17) is 21.1 Å². The number of benzene rings is 1. The van der Waals surface area contributed by atoms with Crippen LogP contribution < -0.4 is 0 Å². The summed E-state index contributed by atoms with van der Waals surface area (Å²) in [6, 6.07) is 10.4. The third-order valence-electron chi connectivity index (χ3n) is 11.3. The molecular weight excluding hydrogens is 626 g/mol. The summed E-state index contributed by atoms with van der Waals surface area (Å²) in [5.41, 5.74) is -4.28. The third-order valence-corrected chi connectivity index (χ3v) is 12.7. The molecule has 1 aromatic heterocycles. The van der Waals surface area contributed by atoms with E-state index in [-0.39, 0.29) is 6.42 Å². The van der Waals surface area contributed by atoms with Crippen molar-refractivity contribution in [2.75, 3.05) is 6.54 Å². The second kappa shape index (κ2) is 12.4. The monoisotopic (exact) mass is 673 g/mol. The highest BCUT2D eigenvalue weighted by atomic mass is 35.5. The molecule has 252 valence electrons. The Labute approximate surface area is 281 Å². The van der Waals surface area contributed by atoms with Crippen molar-refractivity contribution in [3.8, 4) is 0 Å². The number of esters is 1. The van der Waals surface area contributed by atoms with Crippen molar-refractivity contribution in [3.63, 3.8) is 0 Å². The molecule has 10 heteroatoms. The van der Waals surface area contributed by atoms with Crippen molar-refractivity contribution in [1.82, 2.24) is 4.90 Å². The fraction of sp³-hybridized carbons (Fsp3) is 0.611. The van der Waals surface area contributed by atoms with E-state index in [9.17, 15) is 24.9 Å². The molecule has 6 rings (SSSR count). The molecule has 0 amide bonds. The number of hydrogen-bond acceptors (Lipinski definition) is 9. The SMILES string of the molecule is C=C[C@@]1(C)CC(=O)[C@]2(O)[C@@]3(C)[C@@H](O)CCC(C)(C)[C@@H]3[C@H](O)[C@H](OC(C)=O)[C@@]2(C)O1.Clc1ccccc1CN1CCc2sccc2C1. The Kier molecular flexibility index (Phi) is 9.49. The van der Waals surface area contributed by atoms with Crippen LogP contribution in [0.4, 0.5) is 0 Å². The maximum Gasteiger partial charge on any atom is 0.303 e. The third kappa shape index (κ3) is 5.59. The summed E-state index contributed by atoms with van der Waals surface area (Å²) in [5, 5.41) is 37.8. The van der Waals surface area contributed by atoms with E-state index in [0.29, 0.717) is 12.8 Å². The van der Waals surface area contributed by atoms with Crippen LogP contribution in [0.15, 0.2) is 48.4 Å². The van der Waals surface area contributed by atoms with Crippen molar-refractivity contribution in [1.29, 1.82) is 0 Å².